The molecule has 41 heavy (non-hydrogen) atoms. The summed E-state index contributed by atoms with van der Waals surface area (Å²) >= 11 is 6.04. The van der Waals surface area contributed by atoms with Crippen molar-refractivity contribution >= 4 is 17.4 Å². The van der Waals surface area contributed by atoms with Gasteiger partial charge in [0.2, 0.25) is 0 Å². The first-order valence-corrected chi connectivity index (χ1v) is 14.2. The quantitative estimate of drug-likeness (QED) is 0.371. The van der Waals surface area contributed by atoms with Gasteiger partial charge in [0.05, 0.1) is 23.9 Å². The minimum Gasteiger partial charge on any atom is -0.381 e. The number of halogens is 4. The van der Waals surface area contributed by atoms with Crippen LogP contribution in [0.3, 0.4) is 0 Å². The summed E-state index contributed by atoms with van der Waals surface area (Å²) < 4.78 is 55.3. The number of pyridine rings is 1. The van der Waals surface area contributed by atoms with Crippen LogP contribution in [0.15, 0.2) is 54.9 Å². The zero-order valence-electron chi connectivity index (χ0n) is 22.6. The lowest BCUT2D eigenvalue weighted by atomic mass is 9.82. The summed E-state index contributed by atoms with van der Waals surface area (Å²) in [7, 11) is 0. The number of carbonyl (C=O) groups excluding carboxylic acids is 1. The SMILES string of the molecule is N[C@H](C(=O)Cc1cncc(F)c1CC[C@@H]1CNCC2(CCOCC2)O1)[C@@H](c1ccc(Cl)cc1)c1cc(F)cc(F)c1. The number of Topliss-reactive ketones (excluding diaryl/α,β-unsaturated/α-hetero) is 1. The highest BCUT2D eigenvalue weighted by molar-refractivity contribution is 6.30. The van der Waals surface area contributed by atoms with Gasteiger partial charge in [-0.25, -0.2) is 13.2 Å². The smallest absolute Gasteiger partial charge is 0.154 e. The third kappa shape index (κ3) is 7.16. The molecule has 2 aliphatic rings. The zero-order chi connectivity index (χ0) is 29.0. The molecule has 2 fully saturated rings. The predicted molar refractivity (Wildman–Crippen MR) is 149 cm³/mol. The molecule has 3 aromatic rings. The minimum absolute atomic E-state index is 0.114. The van der Waals surface area contributed by atoms with Gasteiger partial charge in [-0.3, -0.25) is 9.78 Å². The molecule has 2 aromatic carbocycles. The van der Waals surface area contributed by atoms with E-state index in [4.69, 9.17) is 26.8 Å². The van der Waals surface area contributed by atoms with Gasteiger partial charge in [0, 0.05) is 68.8 Å². The molecule has 2 aliphatic heterocycles. The van der Waals surface area contributed by atoms with Crippen LogP contribution in [0.5, 0.6) is 0 Å². The summed E-state index contributed by atoms with van der Waals surface area (Å²) in [5, 5.41) is 3.91. The van der Waals surface area contributed by atoms with Gasteiger partial charge in [0.25, 0.3) is 0 Å². The van der Waals surface area contributed by atoms with Crippen molar-refractivity contribution < 1.29 is 27.4 Å². The summed E-state index contributed by atoms with van der Waals surface area (Å²) in [5.74, 6) is -3.34. The zero-order valence-corrected chi connectivity index (χ0v) is 23.3. The molecular formula is C31H33ClF3N3O3. The number of carbonyl (C=O) groups is 1. The number of hydrogen-bond acceptors (Lipinski definition) is 6. The van der Waals surface area contributed by atoms with Crippen LogP contribution in [0, 0.1) is 17.5 Å². The van der Waals surface area contributed by atoms with Crippen molar-refractivity contribution in [2.75, 3.05) is 26.3 Å². The van der Waals surface area contributed by atoms with E-state index in [1.165, 1.54) is 6.20 Å². The Morgan fingerprint density at radius 2 is 1.78 bits per heavy atom. The first kappa shape index (κ1) is 29.7. The Bertz CT molecular complexity index is 1340. The number of hydrogen-bond donors (Lipinski definition) is 2. The van der Waals surface area contributed by atoms with Crippen LogP contribution in [0.25, 0.3) is 0 Å². The maximum absolute atomic E-state index is 15.0. The molecule has 0 unspecified atom stereocenters. The van der Waals surface area contributed by atoms with Gasteiger partial charge in [-0.2, -0.15) is 0 Å². The molecule has 6 nitrogen and oxygen atoms in total. The van der Waals surface area contributed by atoms with Gasteiger partial charge in [-0.1, -0.05) is 23.7 Å². The molecule has 5 rings (SSSR count). The Morgan fingerprint density at radius 1 is 1.07 bits per heavy atom. The fraction of sp³-hybridized carbons (Fsp3) is 0.419. The molecule has 3 heterocycles. The van der Waals surface area contributed by atoms with Crippen molar-refractivity contribution in [3.8, 4) is 0 Å². The molecule has 3 N–H and O–H groups in total. The highest BCUT2D eigenvalue weighted by Crippen LogP contribution is 2.32. The second kappa shape index (κ2) is 13.0. The van der Waals surface area contributed by atoms with E-state index >= 15 is 4.39 Å². The van der Waals surface area contributed by atoms with E-state index in [1.807, 2.05) is 0 Å². The standard InChI is InChI=1S/C31H33ClF3N3O3/c32-22-3-1-19(2-4-22)29(20-11-23(33)14-24(34)12-20)30(36)28(39)13-21-15-37-17-27(35)26(21)6-5-25-16-38-18-31(41-25)7-9-40-10-8-31/h1-4,11-12,14-15,17,25,29-30,38H,5-10,13,16,18,36H2/t25-,29+,30-/m1/s1. The van der Waals surface area contributed by atoms with Gasteiger partial charge in [0.1, 0.15) is 17.5 Å². The van der Waals surface area contributed by atoms with E-state index < -0.39 is 35.2 Å². The fourth-order valence-corrected chi connectivity index (χ4v) is 5.99. The van der Waals surface area contributed by atoms with Gasteiger partial charge in [-0.05, 0) is 59.4 Å². The van der Waals surface area contributed by atoms with Crippen LogP contribution in [-0.2, 0) is 27.1 Å². The number of nitrogens with one attached hydrogen (secondary N) is 1. The summed E-state index contributed by atoms with van der Waals surface area (Å²) in [6.07, 6.45) is 4.83. The number of ether oxygens (including phenoxy) is 2. The number of rotatable bonds is 9. The molecule has 0 aliphatic carbocycles. The molecule has 0 bridgehead atoms. The molecule has 0 amide bonds. The van der Waals surface area contributed by atoms with Crippen molar-refractivity contribution in [3.63, 3.8) is 0 Å². The fourth-order valence-electron chi connectivity index (χ4n) is 5.86. The lowest BCUT2D eigenvalue weighted by molar-refractivity contribution is -0.160. The summed E-state index contributed by atoms with van der Waals surface area (Å²) in [6.45, 7) is 2.72. The van der Waals surface area contributed by atoms with Crippen LogP contribution < -0.4 is 11.1 Å². The lowest BCUT2D eigenvalue weighted by Crippen LogP contribution is -2.56. The van der Waals surface area contributed by atoms with Crippen LogP contribution in [0.1, 0.15) is 47.4 Å². The van der Waals surface area contributed by atoms with E-state index in [9.17, 15) is 13.6 Å². The Kier molecular flexibility index (Phi) is 9.41. The van der Waals surface area contributed by atoms with Crippen molar-refractivity contribution in [1.29, 1.82) is 0 Å². The van der Waals surface area contributed by atoms with Crippen LogP contribution in [0.4, 0.5) is 13.2 Å². The van der Waals surface area contributed by atoms with Crippen molar-refractivity contribution in [2.45, 2.75) is 55.8 Å². The van der Waals surface area contributed by atoms with E-state index in [-0.39, 0.29) is 23.7 Å². The normalized spacial score (nSPS) is 20.1. The second-order valence-electron chi connectivity index (χ2n) is 10.9. The highest BCUT2D eigenvalue weighted by atomic mass is 35.5. The van der Waals surface area contributed by atoms with Crippen molar-refractivity contribution in [2.24, 2.45) is 5.73 Å². The number of ketones is 1. The maximum Gasteiger partial charge on any atom is 0.154 e. The molecule has 218 valence electrons. The number of nitrogens with zero attached hydrogens (tertiary/aromatic N) is 1. The third-order valence-corrected chi connectivity index (χ3v) is 8.27. The number of aromatic nitrogens is 1. The van der Waals surface area contributed by atoms with E-state index in [0.29, 0.717) is 54.3 Å². The summed E-state index contributed by atoms with van der Waals surface area (Å²) in [5.41, 5.74) is 7.82. The Balaban J connectivity index is 1.34. The molecule has 2 saturated heterocycles. The van der Waals surface area contributed by atoms with Gasteiger partial charge >= 0.3 is 0 Å². The van der Waals surface area contributed by atoms with Crippen molar-refractivity contribution in [3.05, 3.63) is 99.6 Å². The van der Waals surface area contributed by atoms with Crippen molar-refractivity contribution in [1.82, 2.24) is 10.3 Å². The second-order valence-corrected chi connectivity index (χ2v) is 11.3. The third-order valence-electron chi connectivity index (χ3n) is 8.02. The molecule has 0 radical (unpaired) electrons. The van der Waals surface area contributed by atoms with E-state index in [0.717, 1.165) is 43.8 Å². The van der Waals surface area contributed by atoms with E-state index in [1.54, 1.807) is 24.3 Å². The number of nitrogens with two attached hydrogens (primary N) is 1. The van der Waals surface area contributed by atoms with Crippen LogP contribution in [-0.4, -0.2) is 54.8 Å². The number of morpholine rings is 1. The number of benzene rings is 2. The monoisotopic (exact) mass is 587 g/mol. The molecule has 10 heteroatoms. The summed E-state index contributed by atoms with van der Waals surface area (Å²) in [6, 6.07) is 8.49. The average Bonchev–Trinajstić information content (AvgIpc) is 2.94. The first-order valence-electron chi connectivity index (χ1n) is 13.8. The molecule has 1 spiro atoms. The Hall–Kier alpha value is -2.82. The van der Waals surface area contributed by atoms with Gasteiger partial charge in [-0.15, -0.1) is 0 Å². The molecule has 3 atom stereocenters. The van der Waals surface area contributed by atoms with Crippen LogP contribution in [0.2, 0.25) is 5.02 Å². The van der Waals surface area contributed by atoms with Gasteiger partial charge < -0.3 is 20.5 Å². The Labute approximate surface area is 242 Å². The van der Waals surface area contributed by atoms with E-state index in [2.05, 4.69) is 10.3 Å². The highest BCUT2D eigenvalue weighted by Gasteiger charge is 2.38. The Morgan fingerprint density at radius 3 is 2.49 bits per heavy atom. The lowest BCUT2D eigenvalue weighted by Gasteiger charge is -2.44. The topological polar surface area (TPSA) is 86.5 Å². The predicted octanol–water partition coefficient (Wildman–Crippen LogP) is 4.89. The summed E-state index contributed by atoms with van der Waals surface area (Å²) in [4.78, 5) is 17.5. The molecule has 0 saturated carbocycles. The molecule has 1 aromatic heterocycles. The molecular weight excluding hydrogens is 555 g/mol. The minimum atomic E-state index is -1.17. The average molecular weight is 588 g/mol. The van der Waals surface area contributed by atoms with Gasteiger partial charge in [0.15, 0.2) is 5.78 Å². The largest absolute Gasteiger partial charge is 0.381 e. The maximum atomic E-state index is 15.0. The first-order chi connectivity index (χ1) is 19.7. The van der Waals surface area contributed by atoms with Crippen LogP contribution >= 0.6 is 11.6 Å².